The quantitative estimate of drug-likeness (QED) is 0.368. The molecule has 0 unspecified atom stereocenters. The molecule has 10 heteroatoms. The van der Waals surface area contributed by atoms with E-state index in [9.17, 15) is 18.3 Å². The maximum absolute atomic E-state index is 12.8. The fraction of sp³-hybridized carbons (Fsp3) is 0.292. The Kier molecular flexibility index (Phi) is 7.61. The van der Waals surface area contributed by atoms with E-state index >= 15 is 0 Å². The highest BCUT2D eigenvalue weighted by Gasteiger charge is 2.29. The van der Waals surface area contributed by atoms with Crippen molar-refractivity contribution in [3.8, 4) is 16.2 Å². The lowest BCUT2D eigenvalue weighted by Gasteiger charge is -2.32. The van der Waals surface area contributed by atoms with Gasteiger partial charge in [-0.25, -0.2) is 13.2 Å². The number of thiophene rings is 1. The van der Waals surface area contributed by atoms with Crippen molar-refractivity contribution >= 4 is 48.9 Å². The van der Waals surface area contributed by atoms with Crippen molar-refractivity contribution in [3.63, 3.8) is 0 Å². The van der Waals surface area contributed by atoms with Crippen LogP contribution in [0.1, 0.15) is 29.4 Å². The van der Waals surface area contributed by atoms with E-state index in [1.165, 1.54) is 4.31 Å². The largest absolute Gasteiger partial charge is 0.462 e. The van der Waals surface area contributed by atoms with Crippen molar-refractivity contribution in [3.05, 3.63) is 63.9 Å². The summed E-state index contributed by atoms with van der Waals surface area (Å²) in [5.74, 6) is -0.986. The second-order valence-electron chi connectivity index (χ2n) is 7.84. The van der Waals surface area contributed by atoms with Gasteiger partial charge in [0, 0.05) is 24.8 Å². The van der Waals surface area contributed by atoms with Crippen molar-refractivity contribution in [2.24, 2.45) is 0 Å². The monoisotopic (exact) mass is 563 g/mol. The minimum Gasteiger partial charge on any atom is -0.462 e. The van der Waals surface area contributed by atoms with Crippen LogP contribution < -0.4 is 5.32 Å². The smallest absolute Gasteiger partial charge is 0.352 e. The molecule has 1 aromatic heterocycles. The van der Waals surface area contributed by atoms with Crippen LogP contribution >= 0.6 is 27.3 Å². The molecule has 1 saturated heterocycles. The van der Waals surface area contributed by atoms with Gasteiger partial charge in [0.2, 0.25) is 15.8 Å². The molecule has 3 aromatic rings. The standard InChI is InChI=1S/C24H24BrN2O5S2/c1-2-32-24(29)23-21(28)20(25)22(33-23)16-7-6-8-18(15-16)26-17-11-13-27(14-12-17)34(30,31)19-9-4-3-5-10-19/h3-10,15,17,26H,2,11-14H2,1H3. The number of nitrogens with one attached hydrogen (secondary N) is 1. The van der Waals surface area contributed by atoms with E-state index in [1.807, 2.05) is 24.3 Å². The molecule has 2 heterocycles. The first-order chi connectivity index (χ1) is 16.3. The van der Waals surface area contributed by atoms with Gasteiger partial charge >= 0.3 is 5.97 Å². The third-order valence-corrected chi connectivity index (χ3v) is 9.73. The number of anilines is 1. The fourth-order valence-electron chi connectivity index (χ4n) is 3.88. The van der Waals surface area contributed by atoms with E-state index < -0.39 is 16.0 Å². The van der Waals surface area contributed by atoms with Crippen LogP contribution in [0.4, 0.5) is 5.69 Å². The summed E-state index contributed by atoms with van der Waals surface area (Å²) >= 11 is 4.44. The molecular weight excluding hydrogens is 540 g/mol. The number of hydrogen-bond donors (Lipinski definition) is 1. The van der Waals surface area contributed by atoms with Crippen LogP contribution in [-0.4, -0.2) is 44.4 Å². The number of esters is 1. The highest BCUT2D eigenvalue weighted by Crippen LogP contribution is 2.46. The summed E-state index contributed by atoms with van der Waals surface area (Å²) in [4.78, 5) is 13.1. The van der Waals surface area contributed by atoms with E-state index in [4.69, 9.17) is 4.74 Å². The van der Waals surface area contributed by atoms with Gasteiger partial charge in [-0.05, 0) is 65.5 Å². The topological polar surface area (TPSA) is 95.6 Å². The number of ether oxygens (including phenoxy) is 1. The summed E-state index contributed by atoms with van der Waals surface area (Å²) < 4.78 is 32.6. The lowest BCUT2D eigenvalue weighted by atomic mass is 10.1. The molecule has 0 bridgehead atoms. The van der Waals surface area contributed by atoms with Crippen molar-refractivity contribution < 1.29 is 23.1 Å². The van der Waals surface area contributed by atoms with Crippen LogP contribution in [0.2, 0.25) is 0 Å². The van der Waals surface area contributed by atoms with Gasteiger partial charge in [0.05, 0.1) is 20.9 Å². The average Bonchev–Trinajstić information content (AvgIpc) is 3.15. The highest BCUT2D eigenvalue weighted by molar-refractivity contribution is 9.10. The fourth-order valence-corrected chi connectivity index (χ4v) is 7.14. The van der Waals surface area contributed by atoms with Crippen molar-refractivity contribution in [1.29, 1.82) is 0 Å². The molecule has 1 aliphatic rings. The Bertz CT molecular complexity index is 1270. The van der Waals surface area contributed by atoms with Gasteiger partial charge in [0.15, 0.2) is 4.88 Å². The molecule has 7 nitrogen and oxygen atoms in total. The average molecular weight is 565 g/mol. The van der Waals surface area contributed by atoms with Gasteiger partial charge in [-0.2, -0.15) is 4.31 Å². The number of carbonyl (C=O) groups excluding carboxylic acids is 1. The SMILES string of the molecule is CCOC(=O)c1sc(-c2cccc(NC3CCN(S(=O)(=O)c4ccccc4)CC3)c2)c(Br)c1[O]. The molecule has 2 aromatic carbocycles. The highest BCUT2D eigenvalue weighted by atomic mass is 79.9. The Morgan fingerprint density at radius 1 is 1.15 bits per heavy atom. The third-order valence-electron chi connectivity index (χ3n) is 5.60. The lowest BCUT2D eigenvalue weighted by Crippen LogP contribution is -2.42. The Balaban J connectivity index is 1.44. The van der Waals surface area contributed by atoms with E-state index in [2.05, 4.69) is 21.2 Å². The molecule has 0 atom stereocenters. The van der Waals surface area contributed by atoms with Crippen molar-refractivity contribution in [2.75, 3.05) is 25.0 Å². The number of sulfonamides is 1. The molecule has 1 aliphatic heterocycles. The van der Waals surface area contributed by atoms with Gasteiger partial charge in [0.1, 0.15) is 0 Å². The van der Waals surface area contributed by atoms with Crippen LogP contribution in [0.25, 0.3) is 10.4 Å². The zero-order valence-corrected chi connectivity index (χ0v) is 21.7. The number of carbonyl (C=O) groups is 1. The predicted octanol–water partition coefficient (Wildman–Crippen LogP) is 5.76. The van der Waals surface area contributed by atoms with Crippen LogP contribution in [0, 0.1) is 0 Å². The first-order valence-corrected chi connectivity index (χ1v) is 13.9. The summed E-state index contributed by atoms with van der Waals surface area (Å²) in [6.45, 7) is 2.78. The first kappa shape index (κ1) is 24.7. The maximum Gasteiger partial charge on any atom is 0.352 e. The summed E-state index contributed by atoms with van der Waals surface area (Å²) in [5, 5.41) is 16.0. The molecule has 34 heavy (non-hydrogen) atoms. The van der Waals surface area contributed by atoms with Crippen LogP contribution in [-0.2, 0) is 19.9 Å². The van der Waals surface area contributed by atoms with E-state index in [0.717, 1.165) is 22.6 Å². The first-order valence-electron chi connectivity index (χ1n) is 10.9. The predicted molar refractivity (Wildman–Crippen MR) is 135 cm³/mol. The molecular formula is C24H24BrN2O5S2. The Hall–Kier alpha value is -2.40. The molecule has 1 radical (unpaired) electrons. The second-order valence-corrected chi connectivity index (χ2v) is 11.6. The number of halogens is 1. The third kappa shape index (κ3) is 5.14. The maximum atomic E-state index is 12.8. The molecule has 0 spiro atoms. The van der Waals surface area contributed by atoms with Gasteiger partial charge < -0.3 is 10.1 Å². The van der Waals surface area contributed by atoms with Crippen LogP contribution in [0.5, 0.6) is 5.75 Å². The van der Waals surface area contributed by atoms with E-state index in [1.54, 1.807) is 37.3 Å². The molecule has 0 saturated carbocycles. The number of hydrogen-bond acceptors (Lipinski definition) is 6. The Labute approximate surface area is 211 Å². The normalized spacial score (nSPS) is 15.2. The van der Waals surface area contributed by atoms with Crippen LogP contribution in [0.3, 0.4) is 0 Å². The molecule has 1 fully saturated rings. The number of nitrogens with zero attached hydrogens (tertiary/aromatic N) is 1. The number of piperidine rings is 1. The molecule has 179 valence electrons. The summed E-state index contributed by atoms with van der Waals surface area (Å²) in [7, 11) is -3.48. The van der Waals surface area contributed by atoms with E-state index in [0.29, 0.717) is 40.2 Å². The van der Waals surface area contributed by atoms with Gasteiger partial charge in [-0.15, -0.1) is 11.3 Å². The summed E-state index contributed by atoms with van der Waals surface area (Å²) in [6, 6.07) is 16.2. The summed E-state index contributed by atoms with van der Waals surface area (Å²) in [5.41, 5.74) is 1.67. The van der Waals surface area contributed by atoms with Gasteiger partial charge in [-0.3, -0.25) is 5.11 Å². The minimum absolute atomic E-state index is 0.0501. The second kappa shape index (κ2) is 10.5. The molecule has 1 N–H and O–H groups in total. The Morgan fingerprint density at radius 3 is 2.53 bits per heavy atom. The van der Waals surface area contributed by atoms with Gasteiger partial charge in [-0.1, -0.05) is 30.3 Å². The minimum atomic E-state index is -3.48. The van der Waals surface area contributed by atoms with E-state index in [-0.39, 0.29) is 23.3 Å². The number of rotatable bonds is 7. The Morgan fingerprint density at radius 2 is 1.85 bits per heavy atom. The van der Waals surface area contributed by atoms with Crippen molar-refractivity contribution in [1.82, 2.24) is 4.31 Å². The lowest BCUT2D eigenvalue weighted by molar-refractivity contribution is 0.0527. The van der Waals surface area contributed by atoms with Crippen LogP contribution in [0.15, 0.2) is 64.0 Å². The summed E-state index contributed by atoms with van der Waals surface area (Å²) in [6.07, 6.45) is 1.35. The zero-order valence-electron chi connectivity index (χ0n) is 18.5. The molecule has 4 rings (SSSR count). The number of benzene rings is 2. The van der Waals surface area contributed by atoms with Gasteiger partial charge in [0.25, 0.3) is 0 Å². The molecule has 0 aliphatic carbocycles. The molecule has 0 amide bonds. The zero-order chi connectivity index (χ0) is 24.3. The van der Waals surface area contributed by atoms with Crippen molar-refractivity contribution in [2.45, 2.75) is 30.7 Å².